The highest BCUT2D eigenvalue weighted by Gasteiger charge is 2.08. The normalized spacial score (nSPS) is 10.8. The van der Waals surface area contributed by atoms with E-state index < -0.39 is 4.92 Å². The largest absolute Gasteiger partial charge is 0.506 e. The molecule has 0 bridgehead atoms. The fourth-order valence-electron chi connectivity index (χ4n) is 1.45. The van der Waals surface area contributed by atoms with Gasteiger partial charge in [-0.3, -0.25) is 15.1 Å². The molecule has 0 spiro atoms. The number of nitro benzene ring substituents is 1. The minimum Gasteiger partial charge on any atom is -0.506 e. The van der Waals surface area contributed by atoms with Crippen LogP contribution in [-0.2, 0) is 0 Å². The van der Waals surface area contributed by atoms with Crippen LogP contribution >= 0.6 is 11.6 Å². The van der Waals surface area contributed by atoms with Gasteiger partial charge >= 0.3 is 0 Å². The van der Waals surface area contributed by atoms with Crippen LogP contribution in [0.4, 0.5) is 11.4 Å². The summed E-state index contributed by atoms with van der Waals surface area (Å²) in [5, 5.41) is 20.3. The maximum absolute atomic E-state index is 10.6. The zero-order valence-corrected chi connectivity index (χ0v) is 10.4. The third-order valence-electron chi connectivity index (χ3n) is 2.42. The van der Waals surface area contributed by atoms with Gasteiger partial charge in [0.1, 0.15) is 11.4 Å². The first-order chi connectivity index (χ1) is 9.08. The van der Waals surface area contributed by atoms with Crippen molar-refractivity contribution in [1.29, 1.82) is 0 Å². The molecule has 6 heteroatoms. The topological polar surface area (TPSA) is 75.7 Å². The molecule has 0 aliphatic heterocycles. The standard InChI is InChI=1S/C13H9ClN2O3/c14-11-7-10(16(18)19)6-5-9(11)8-15-12-3-1-2-4-13(12)17/h1-8,17H. The second kappa shape index (κ2) is 5.49. The highest BCUT2D eigenvalue weighted by Crippen LogP contribution is 2.26. The van der Waals surface area contributed by atoms with Crippen molar-refractivity contribution in [2.45, 2.75) is 0 Å². The number of para-hydroxylation sites is 2. The van der Waals surface area contributed by atoms with Crippen LogP contribution in [-0.4, -0.2) is 16.2 Å². The number of phenolic OH excluding ortho intramolecular Hbond substituents is 1. The molecule has 0 aliphatic carbocycles. The van der Waals surface area contributed by atoms with E-state index in [1.807, 2.05) is 0 Å². The van der Waals surface area contributed by atoms with Crippen molar-refractivity contribution in [3.63, 3.8) is 0 Å². The zero-order chi connectivity index (χ0) is 13.8. The van der Waals surface area contributed by atoms with Crippen molar-refractivity contribution in [3.05, 3.63) is 63.2 Å². The van der Waals surface area contributed by atoms with Crippen LogP contribution in [0.2, 0.25) is 5.02 Å². The lowest BCUT2D eigenvalue weighted by molar-refractivity contribution is -0.384. The van der Waals surface area contributed by atoms with Gasteiger partial charge in [0.2, 0.25) is 0 Å². The van der Waals surface area contributed by atoms with Gasteiger partial charge < -0.3 is 5.11 Å². The fraction of sp³-hybridized carbons (Fsp3) is 0. The lowest BCUT2D eigenvalue weighted by Gasteiger charge is -1.99. The first-order valence-electron chi connectivity index (χ1n) is 5.34. The predicted octanol–water partition coefficient (Wildman–Crippen LogP) is 3.70. The van der Waals surface area contributed by atoms with E-state index >= 15 is 0 Å². The maximum atomic E-state index is 10.6. The Hall–Kier alpha value is -2.40. The van der Waals surface area contributed by atoms with Crippen LogP contribution in [0.5, 0.6) is 5.75 Å². The molecule has 2 rings (SSSR count). The first-order valence-corrected chi connectivity index (χ1v) is 5.72. The SMILES string of the molecule is O=[N+]([O-])c1ccc(C=Nc2ccccc2O)c(Cl)c1. The smallest absolute Gasteiger partial charge is 0.270 e. The molecule has 2 aromatic rings. The number of nitro groups is 1. The van der Waals surface area contributed by atoms with Crippen LogP contribution < -0.4 is 0 Å². The van der Waals surface area contributed by atoms with Crippen LogP contribution in [0.3, 0.4) is 0 Å². The molecule has 0 atom stereocenters. The van der Waals surface area contributed by atoms with Crippen molar-refractivity contribution in [2.24, 2.45) is 4.99 Å². The van der Waals surface area contributed by atoms with Crippen molar-refractivity contribution < 1.29 is 10.0 Å². The molecule has 0 heterocycles. The Balaban J connectivity index is 2.29. The summed E-state index contributed by atoms with van der Waals surface area (Å²) < 4.78 is 0. The Labute approximate surface area is 113 Å². The molecule has 0 radical (unpaired) electrons. The van der Waals surface area contributed by atoms with E-state index in [1.165, 1.54) is 30.5 Å². The minimum atomic E-state index is -0.518. The van der Waals surface area contributed by atoms with Crippen LogP contribution in [0.15, 0.2) is 47.5 Å². The van der Waals surface area contributed by atoms with Gasteiger partial charge in [0.25, 0.3) is 5.69 Å². The monoisotopic (exact) mass is 276 g/mol. The summed E-state index contributed by atoms with van der Waals surface area (Å²) in [5.74, 6) is 0.0526. The van der Waals surface area contributed by atoms with Crippen LogP contribution in [0.1, 0.15) is 5.56 Å². The van der Waals surface area contributed by atoms with E-state index in [1.54, 1.807) is 18.2 Å². The van der Waals surface area contributed by atoms with Gasteiger partial charge in [-0.25, -0.2) is 0 Å². The van der Waals surface area contributed by atoms with Gasteiger partial charge in [-0.1, -0.05) is 23.7 Å². The maximum Gasteiger partial charge on any atom is 0.270 e. The summed E-state index contributed by atoms with van der Waals surface area (Å²) in [5.41, 5.74) is 0.858. The number of aromatic hydroxyl groups is 1. The van der Waals surface area contributed by atoms with Gasteiger partial charge in [-0.2, -0.15) is 0 Å². The number of aliphatic imine (C=N–C) groups is 1. The fourth-order valence-corrected chi connectivity index (χ4v) is 1.67. The summed E-state index contributed by atoms with van der Waals surface area (Å²) in [6.07, 6.45) is 1.45. The van der Waals surface area contributed by atoms with Gasteiger partial charge in [0, 0.05) is 23.9 Å². The Bertz CT molecular complexity index is 656. The molecule has 2 aromatic carbocycles. The third kappa shape index (κ3) is 3.08. The molecule has 0 saturated carbocycles. The number of hydrogen-bond donors (Lipinski definition) is 1. The summed E-state index contributed by atoms with van der Waals surface area (Å²) in [6, 6.07) is 10.7. The molecule has 0 aliphatic rings. The minimum absolute atomic E-state index is 0.0526. The molecule has 0 aromatic heterocycles. The summed E-state index contributed by atoms with van der Waals surface area (Å²) >= 11 is 5.92. The number of nitrogens with zero attached hydrogens (tertiary/aromatic N) is 2. The highest BCUT2D eigenvalue weighted by molar-refractivity contribution is 6.33. The zero-order valence-electron chi connectivity index (χ0n) is 9.65. The van der Waals surface area contributed by atoms with Crippen molar-refractivity contribution in [3.8, 4) is 5.75 Å². The summed E-state index contributed by atoms with van der Waals surface area (Å²) in [4.78, 5) is 14.1. The molecule has 1 N–H and O–H groups in total. The Morgan fingerprint density at radius 1 is 1.26 bits per heavy atom. The average Bonchev–Trinajstić information content (AvgIpc) is 2.39. The van der Waals surface area contributed by atoms with E-state index in [0.717, 1.165) is 0 Å². The van der Waals surface area contributed by atoms with Gasteiger partial charge in [-0.15, -0.1) is 0 Å². The van der Waals surface area contributed by atoms with Gasteiger partial charge in [0.15, 0.2) is 0 Å². The number of non-ortho nitro benzene ring substituents is 1. The number of halogens is 1. The number of hydrogen-bond acceptors (Lipinski definition) is 4. The summed E-state index contributed by atoms with van der Waals surface area (Å²) in [7, 11) is 0. The van der Waals surface area contributed by atoms with Crippen LogP contribution in [0.25, 0.3) is 0 Å². The van der Waals surface area contributed by atoms with Crippen molar-refractivity contribution >= 4 is 29.2 Å². The Kier molecular flexibility index (Phi) is 3.77. The van der Waals surface area contributed by atoms with E-state index in [0.29, 0.717) is 11.3 Å². The summed E-state index contributed by atoms with van der Waals surface area (Å²) in [6.45, 7) is 0. The molecule has 0 fully saturated rings. The Morgan fingerprint density at radius 3 is 2.63 bits per heavy atom. The second-order valence-corrected chi connectivity index (χ2v) is 4.12. The number of rotatable bonds is 3. The molecule has 0 saturated heterocycles. The van der Waals surface area contributed by atoms with E-state index in [-0.39, 0.29) is 16.5 Å². The first kappa shape index (κ1) is 13.0. The quantitative estimate of drug-likeness (QED) is 0.527. The molecular weight excluding hydrogens is 268 g/mol. The highest BCUT2D eigenvalue weighted by atomic mass is 35.5. The van der Waals surface area contributed by atoms with Crippen LogP contribution in [0, 0.1) is 10.1 Å². The molecule has 0 amide bonds. The molecular formula is C13H9ClN2O3. The predicted molar refractivity (Wildman–Crippen MR) is 73.5 cm³/mol. The van der Waals surface area contributed by atoms with E-state index in [4.69, 9.17) is 11.6 Å². The number of phenols is 1. The van der Waals surface area contributed by atoms with E-state index in [2.05, 4.69) is 4.99 Å². The lowest BCUT2D eigenvalue weighted by Crippen LogP contribution is -1.90. The Morgan fingerprint density at radius 2 is 2.00 bits per heavy atom. The second-order valence-electron chi connectivity index (χ2n) is 3.71. The lowest BCUT2D eigenvalue weighted by atomic mass is 10.2. The van der Waals surface area contributed by atoms with Crippen molar-refractivity contribution in [1.82, 2.24) is 0 Å². The molecule has 0 unspecified atom stereocenters. The average molecular weight is 277 g/mol. The molecule has 96 valence electrons. The number of benzene rings is 2. The third-order valence-corrected chi connectivity index (χ3v) is 2.75. The molecule has 5 nitrogen and oxygen atoms in total. The molecule has 19 heavy (non-hydrogen) atoms. The van der Waals surface area contributed by atoms with Crippen molar-refractivity contribution in [2.75, 3.05) is 0 Å². The van der Waals surface area contributed by atoms with Gasteiger partial charge in [-0.05, 0) is 18.2 Å². The van der Waals surface area contributed by atoms with E-state index in [9.17, 15) is 15.2 Å². The van der Waals surface area contributed by atoms with Gasteiger partial charge in [0.05, 0.1) is 9.95 Å².